The van der Waals surface area contributed by atoms with Gasteiger partial charge in [0.1, 0.15) is 12.2 Å². The van der Waals surface area contributed by atoms with Gasteiger partial charge >= 0.3 is 11.6 Å². The Kier molecular flexibility index (Phi) is 5.05. The molecular weight excluding hydrogens is 374 g/mol. The molecule has 1 fully saturated rings. The molecule has 29 heavy (non-hydrogen) atoms. The van der Waals surface area contributed by atoms with Gasteiger partial charge in [-0.05, 0) is 31.4 Å². The number of benzene rings is 1. The molecule has 2 heterocycles. The van der Waals surface area contributed by atoms with Gasteiger partial charge in [-0.25, -0.2) is 4.79 Å². The topological polar surface area (TPSA) is 93.9 Å². The number of rotatable bonds is 5. The number of ether oxygens (including phenoxy) is 1. The number of nitrogens with zero attached hydrogens (tertiary/aromatic N) is 1. The van der Waals surface area contributed by atoms with E-state index in [1.54, 1.807) is 6.07 Å². The van der Waals surface area contributed by atoms with Gasteiger partial charge in [0.15, 0.2) is 0 Å². The van der Waals surface area contributed by atoms with E-state index in [-0.39, 0.29) is 43.2 Å². The largest absolute Gasteiger partial charge is 0.461 e. The third-order valence-corrected chi connectivity index (χ3v) is 5.51. The van der Waals surface area contributed by atoms with Gasteiger partial charge in [-0.15, -0.1) is 0 Å². The number of imide groups is 1. The lowest BCUT2D eigenvalue weighted by Crippen LogP contribution is -2.33. The van der Waals surface area contributed by atoms with Gasteiger partial charge in [-0.1, -0.05) is 24.3 Å². The van der Waals surface area contributed by atoms with Crippen LogP contribution in [0.1, 0.15) is 30.4 Å². The van der Waals surface area contributed by atoms with Crippen LogP contribution < -0.4 is 5.63 Å². The average Bonchev–Trinajstić information content (AvgIpc) is 2.94. The Labute approximate surface area is 166 Å². The molecule has 2 amide bonds. The number of hydrogen-bond donors (Lipinski definition) is 0. The van der Waals surface area contributed by atoms with Gasteiger partial charge in [0.25, 0.3) is 0 Å². The normalized spacial score (nSPS) is 20.9. The summed E-state index contributed by atoms with van der Waals surface area (Å²) in [4.78, 5) is 50.0. The Morgan fingerprint density at radius 1 is 1.10 bits per heavy atom. The fourth-order valence-corrected chi connectivity index (χ4v) is 3.98. The van der Waals surface area contributed by atoms with Crippen LogP contribution in [-0.4, -0.2) is 29.2 Å². The number of amides is 2. The zero-order valence-electron chi connectivity index (χ0n) is 16.1. The van der Waals surface area contributed by atoms with Crippen LogP contribution in [0, 0.1) is 18.8 Å². The van der Waals surface area contributed by atoms with Gasteiger partial charge in [-0.3, -0.25) is 19.3 Å². The predicted octanol–water partition coefficient (Wildman–Crippen LogP) is 2.49. The molecule has 4 rings (SSSR count). The average molecular weight is 395 g/mol. The number of allylic oxidation sites excluding steroid dienone is 2. The molecule has 2 atom stereocenters. The zero-order valence-corrected chi connectivity index (χ0v) is 16.1. The van der Waals surface area contributed by atoms with Gasteiger partial charge < -0.3 is 9.15 Å². The van der Waals surface area contributed by atoms with Crippen LogP contribution in [0.5, 0.6) is 0 Å². The number of esters is 1. The smallest absolute Gasteiger partial charge is 0.336 e. The lowest BCUT2D eigenvalue weighted by Gasteiger charge is -2.14. The minimum absolute atomic E-state index is 0.0143. The summed E-state index contributed by atoms with van der Waals surface area (Å²) in [7, 11) is 0. The first kappa shape index (κ1) is 19.1. The molecule has 1 aliphatic heterocycles. The summed E-state index contributed by atoms with van der Waals surface area (Å²) in [5.41, 5.74) is 1.42. The second-order valence-corrected chi connectivity index (χ2v) is 7.48. The van der Waals surface area contributed by atoms with Crippen LogP contribution in [0.2, 0.25) is 0 Å². The number of likely N-dealkylation sites (tertiary alicyclic amines) is 1. The molecule has 1 aromatic carbocycles. The molecular formula is C22H21NO6. The van der Waals surface area contributed by atoms with Crippen molar-refractivity contribution in [3.8, 4) is 0 Å². The van der Waals surface area contributed by atoms with Crippen LogP contribution in [0.3, 0.4) is 0 Å². The SMILES string of the molecule is Cc1ccc2c(COC(=O)CCN3C(=O)[C@@H]4CC=CC[C@H]4C3=O)cc(=O)oc2c1. The number of carbonyl (C=O) groups is 3. The highest BCUT2D eigenvalue weighted by Gasteiger charge is 2.46. The summed E-state index contributed by atoms with van der Waals surface area (Å²) in [6, 6.07) is 6.75. The molecule has 150 valence electrons. The first-order valence-electron chi connectivity index (χ1n) is 9.63. The Morgan fingerprint density at radius 2 is 1.79 bits per heavy atom. The van der Waals surface area contributed by atoms with Crippen molar-refractivity contribution in [2.24, 2.45) is 11.8 Å². The number of fused-ring (bicyclic) bond motifs is 2. The molecule has 1 saturated heterocycles. The summed E-state index contributed by atoms with van der Waals surface area (Å²) in [6.45, 7) is 1.82. The molecule has 7 nitrogen and oxygen atoms in total. The van der Waals surface area contributed by atoms with E-state index in [4.69, 9.17) is 9.15 Å². The van der Waals surface area contributed by atoms with Crippen LogP contribution in [-0.2, 0) is 25.7 Å². The van der Waals surface area contributed by atoms with Gasteiger partial charge in [-0.2, -0.15) is 0 Å². The van der Waals surface area contributed by atoms with Crippen LogP contribution >= 0.6 is 0 Å². The van der Waals surface area contributed by atoms with Gasteiger partial charge in [0, 0.05) is 23.6 Å². The van der Waals surface area contributed by atoms with E-state index in [0.717, 1.165) is 5.56 Å². The second kappa shape index (κ2) is 7.66. The summed E-state index contributed by atoms with van der Waals surface area (Å²) in [6.07, 6.45) is 4.90. The number of aryl methyl sites for hydroxylation is 1. The number of carbonyl (C=O) groups excluding carboxylic acids is 3. The summed E-state index contributed by atoms with van der Waals surface area (Å²) in [5.74, 6) is -1.56. The standard InChI is InChI=1S/C22H21NO6/c1-13-6-7-15-14(11-20(25)29-18(15)10-13)12-28-19(24)8-9-23-21(26)16-4-2-3-5-17(16)22(23)27/h2-3,6-7,10-11,16-17H,4-5,8-9,12H2,1H3/t16-,17-/m1/s1. The first-order chi connectivity index (χ1) is 13.9. The Morgan fingerprint density at radius 3 is 2.48 bits per heavy atom. The quantitative estimate of drug-likeness (QED) is 0.334. The van der Waals surface area contributed by atoms with Crippen molar-refractivity contribution in [2.75, 3.05) is 6.54 Å². The van der Waals surface area contributed by atoms with Gasteiger partial charge in [0.05, 0.1) is 18.3 Å². The van der Waals surface area contributed by atoms with Crippen molar-refractivity contribution in [3.05, 3.63) is 58.0 Å². The molecule has 0 radical (unpaired) electrons. The van der Waals surface area contributed by atoms with E-state index in [1.165, 1.54) is 11.0 Å². The minimum atomic E-state index is -0.535. The van der Waals surface area contributed by atoms with E-state index < -0.39 is 11.6 Å². The molecule has 1 aliphatic carbocycles. The third-order valence-electron chi connectivity index (χ3n) is 5.51. The lowest BCUT2D eigenvalue weighted by molar-refractivity contribution is -0.146. The Balaban J connectivity index is 1.38. The van der Waals surface area contributed by atoms with E-state index in [1.807, 2.05) is 31.2 Å². The predicted molar refractivity (Wildman–Crippen MR) is 104 cm³/mol. The maximum Gasteiger partial charge on any atom is 0.336 e. The van der Waals surface area contributed by atoms with Crippen LogP contribution in [0.4, 0.5) is 0 Å². The monoisotopic (exact) mass is 395 g/mol. The van der Waals surface area contributed by atoms with Crippen molar-refractivity contribution in [1.82, 2.24) is 4.90 Å². The molecule has 0 saturated carbocycles. The van der Waals surface area contributed by atoms with E-state index in [9.17, 15) is 19.2 Å². The molecule has 1 aromatic heterocycles. The highest BCUT2D eigenvalue weighted by molar-refractivity contribution is 6.05. The van der Waals surface area contributed by atoms with Gasteiger partial charge in [0.2, 0.25) is 11.8 Å². The van der Waals surface area contributed by atoms with Crippen molar-refractivity contribution in [1.29, 1.82) is 0 Å². The minimum Gasteiger partial charge on any atom is -0.461 e. The highest BCUT2D eigenvalue weighted by atomic mass is 16.5. The van der Waals surface area contributed by atoms with Crippen molar-refractivity contribution >= 4 is 28.8 Å². The molecule has 2 aromatic rings. The summed E-state index contributed by atoms with van der Waals surface area (Å²) in [5, 5.41) is 0.699. The van der Waals surface area contributed by atoms with Crippen LogP contribution in [0.15, 0.2) is 45.6 Å². The highest BCUT2D eigenvalue weighted by Crippen LogP contribution is 2.35. The number of hydrogen-bond acceptors (Lipinski definition) is 6. The van der Waals surface area contributed by atoms with E-state index in [2.05, 4.69) is 0 Å². The molecule has 2 aliphatic rings. The molecule has 0 spiro atoms. The van der Waals surface area contributed by atoms with E-state index >= 15 is 0 Å². The maximum absolute atomic E-state index is 12.4. The third kappa shape index (κ3) is 3.72. The molecule has 7 heteroatoms. The fraction of sp³-hybridized carbons (Fsp3) is 0.364. The first-order valence-corrected chi connectivity index (χ1v) is 9.63. The molecule has 0 N–H and O–H groups in total. The fourth-order valence-electron chi connectivity index (χ4n) is 3.98. The summed E-state index contributed by atoms with van der Waals surface area (Å²) < 4.78 is 10.5. The molecule has 0 unspecified atom stereocenters. The lowest BCUT2D eigenvalue weighted by atomic mass is 9.85. The van der Waals surface area contributed by atoms with Crippen molar-refractivity contribution in [2.45, 2.75) is 32.8 Å². The van der Waals surface area contributed by atoms with E-state index in [0.29, 0.717) is 29.4 Å². The Hall–Kier alpha value is -3.22. The van der Waals surface area contributed by atoms with Crippen LogP contribution in [0.25, 0.3) is 11.0 Å². The van der Waals surface area contributed by atoms with Crippen molar-refractivity contribution in [3.63, 3.8) is 0 Å². The van der Waals surface area contributed by atoms with Crippen molar-refractivity contribution < 1.29 is 23.5 Å². The second-order valence-electron chi connectivity index (χ2n) is 7.48. The zero-order chi connectivity index (χ0) is 20.5. The molecule has 0 bridgehead atoms. The summed E-state index contributed by atoms with van der Waals surface area (Å²) >= 11 is 0. The maximum atomic E-state index is 12.4. The Bertz CT molecular complexity index is 1060.